The first kappa shape index (κ1) is 6.59. The third-order valence-electron chi connectivity index (χ3n) is 2.10. The average molecular weight is 127 g/mol. The third-order valence-corrected chi connectivity index (χ3v) is 2.10. The van der Waals surface area contributed by atoms with Gasteiger partial charge in [0.05, 0.1) is 0 Å². The van der Waals surface area contributed by atoms with Gasteiger partial charge in [-0.15, -0.1) is 0 Å². The van der Waals surface area contributed by atoms with Gasteiger partial charge < -0.3 is 4.90 Å². The molecule has 0 aromatic rings. The molecule has 9 heavy (non-hydrogen) atoms. The van der Waals surface area contributed by atoms with E-state index in [-0.39, 0.29) is 0 Å². The number of nitrogens with zero attached hydrogens (tertiary/aromatic N) is 1. The minimum atomic E-state index is 0.307. The Balaban J connectivity index is 2.51. The lowest BCUT2D eigenvalue weighted by molar-refractivity contribution is -0.127. The molecule has 0 bridgehead atoms. The molecule has 1 atom stereocenters. The quantitative estimate of drug-likeness (QED) is 0.515. The minimum absolute atomic E-state index is 0.307. The number of hydrogen-bond acceptors (Lipinski definition) is 1. The van der Waals surface area contributed by atoms with Gasteiger partial charge in [0.1, 0.15) is 0 Å². The first-order valence-corrected chi connectivity index (χ1v) is 3.51. The molecule has 1 fully saturated rings. The van der Waals surface area contributed by atoms with Gasteiger partial charge >= 0.3 is 0 Å². The molecule has 0 radical (unpaired) electrons. The van der Waals surface area contributed by atoms with Crippen molar-refractivity contribution in [2.45, 2.75) is 32.2 Å². The highest BCUT2D eigenvalue weighted by Gasteiger charge is 2.25. The van der Waals surface area contributed by atoms with Gasteiger partial charge in [0, 0.05) is 19.5 Å². The molecule has 1 aliphatic heterocycles. The van der Waals surface area contributed by atoms with Crippen molar-refractivity contribution in [3.63, 3.8) is 0 Å². The molecule has 0 aliphatic carbocycles. The standard InChI is InChI=1S/C7H13NO/c1-3-6-4-5-7(9)8(6)2/h6H,3-5H2,1-2H3. The highest BCUT2D eigenvalue weighted by molar-refractivity contribution is 5.78. The summed E-state index contributed by atoms with van der Waals surface area (Å²) >= 11 is 0. The fourth-order valence-electron chi connectivity index (χ4n) is 1.34. The second-order valence-corrected chi connectivity index (χ2v) is 2.61. The van der Waals surface area contributed by atoms with Crippen LogP contribution in [0.25, 0.3) is 0 Å². The summed E-state index contributed by atoms with van der Waals surface area (Å²) in [4.78, 5) is 12.7. The largest absolute Gasteiger partial charge is 0.343 e. The zero-order valence-electron chi connectivity index (χ0n) is 6.05. The van der Waals surface area contributed by atoms with Gasteiger partial charge in [0.2, 0.25) is 5.91 Å². The van der Waals surface area contributed by atoms with E-state index in [1.807, 2.05) is 11.9 Å². The van der Waals surface area contributed by atoms with E-state index in [4.69, 9.17) is 0 Å². The molecule has 0 N–H and O–H groups in total. The highest BCUT2D eigenvalue weighted by atomic mass is 16.2. The number of rotatable bonds is 1. The van der Waals surface area contributed by atoms with E-state index in [2.05, 4.69) is 6.92 Å². The Hall–Kier alpha value is -0.530. The second kappa shape index (κ2) is 2.38. The Morgan fingerprint density at radius 1 is 1.78 bits per heavy atom. The Kier molecular flexibility index (Phi) is 1.74. The van der Waals surface area contributed by atoms with Crippen molar-refractivity contribution in [3.8, 4) is 0 Å². The summed E-state index contributed by atoms with van der Waals surface area (Å²) in [5.74, 6) is 0.307. The van der Waals surface area contributed by atoms with E-state index in [0.717, 1.165) is 19.3 Å². The molecule has 1 aliphatic rings. The summed E-state index contributed by atoms with van der Waals surface area (Å²) in [6.07, 6.45) is 2.92. The van der Waals surface area contributed by atoms with Gasteiger partial charge in [0.15, 0.2) is 0 Å². The van der Waals surface area contributed by atoms with Crippen LogP contribution in [0.5, 0.6) is 0 Å². The summed E-state index contributed by atoms with van der Waals surface area (Å²) < 4.78 is 0. The molecular weight excluding hydrogens is 114 g/mol. The number of amides is 1. The SMILES string of the molecule is CCC1CCC(=O)N1C. The van der Waals surface area contributed by atoms with Crippen LogP contribution < -0.4 is 0 Å². The minimum Gasteiger partial charge on any atom is -0.343 e. The van der Waals surface area contributed by atoms with Crippen LogP contribution in [0.2, 0.25) is 0 Å². The highest BCUT2D eigenvalue weighted by Crippen LogP contribution is 2.18. The molecule has 1 saturated heterocycles. The Morgan fingerprint density at radius 2 is 2.44 bits per heavy atom. The van der Waals surface area contributed by atoms with Crippen LogP contribution in [0.3, 0.4) is 0 Å². The van der Waals surface area contributed by atoms with Gasteiger partial charge in [-0.3, -0.25) is 4.79 Å². The van der Waals surface area contributed by atoms with Crippen LogP contribution in [0.15, 0.2) is 0 Å². The summed E-state index contributed by atoms with van der Waals surface area (Å²) in [7, 11) is 1.89. The first-order valence-electron chi connectivity index (χ1n) is 3.51. The second-order valence-electron chi connectivity index (χ2n) is 2.61. The molecule has 2 nitrogen and oxygen atoms in total. The van der Waals surface area contributed by atoms with E-state index in [1.165, 1.54) is 0 Å². The lowest BCUT2D eigenvalue weighted by atomic mass is 10.2. The number of likely N-dealkylation sites (tertiary alicyclic amines) is 1. The van der Waals surface area contributed by atoms with Crippen LogP contribution in [0.1, 0.15) is 26.2 Å². The molecule has 1 rings (SSSR count). The van der Waals surface area contributed by atoms with E-state index in [0.29, 0.717) is 11.9 Å². The maximum atomic E-state index is 10.9. The molecule has 1 heterocycles. The van der Waals surface area contributed by atoms with Crippen LogP contribution in [-0.4, -0.2) is 23.9 Å². The van der Waals surface area contributed by atoms with Crippen molar-refractivity contribution in [2.24, 2.45) is 0 Å². The topological polar surface area (TPSA) is 20.3 Å². The number of carbonyl (C=O) groups excluding carboxylic acids is 1. The number of hydrogen-bond donors (Lipinski definition) is 0. The summed E-state index contributed by atoms with van der Waals surface area (Å²) in [5.41, 5.74) is 0. The lowest BCUT2D eigenvalue weighted by Crippen LogP contribution is -2.27. The van der Waals surface area contributed by atoms with Gasteiger partial charge in [-0.1, -0.05) is 6.92 Å². The molecule has 52 valence electrons. The van der Waals surface area contributed by atoms with Gasteiger partial charge in [0.25, 0.3) is 0 Å². The maximum Gasteiger partial charge on any atom is 0.222 e. The van der Waals surface area contributed by atoms with E-state index in [9.17, 15) is 4.79 Å². The van der Waals surface area contributed by atoms with Crippen molar-refractivity contribution < 1.29 is 4.79 Å². The Morgan fingerprint density at radius 3 is 2.67 bits per heavy atom. The third kappa shape index (κ3) is 1.07. The van der Waals surface area contributed by atoms with Crippen LogP contribution in [0, 0.1) is 0 Å². The zero-order chi connectivity index (χ0) is 6.85. The maximum absolute atomic E-state index is 10.9. The average Bonchev–Trinajstić information content (AvgIpc) is 2.15. The van der Waals surface area contributed by atoms with Crippen molar-refractivity contribution in [1.29, 1.82) is 0 Å². The molecule has 0 saturated carbocycles. The van der Waals surface area contributed by atoms with E-state index >= 15 is 0 Å². The fraction of sp³-hybridized carbons (Fsp3) is 0.857. The van der Waals surface area contributed by atoms with Crippen molar-refractivity contribution >= 4 is 5.91 Å². The van der Waals surface area contributed by atoms with E-state index in [1.54, 1.807) is 0 Å². The molecule has 1 unspecified atom stereocenters. The summed E-state index contributed by atoms with van der Waals surface area (Å²) in [6, 6.07) is 0.525. The van der Waals surface area contributed by atoms with Crippen molar-refractivity contribution in [1.82, 2.24) is 4.90 Å². The van der Waals surface area contributed by atoms with Gasteiger partial charge in [-0.25, -0.2) is 0 Å². The molecule has 0 aromatic heterocycles. The molecule has 2 heteroatoms. The Labute approximate surface area is 55.8 Å². The summed E-state index contributed by atoms with van der Waals surface area (Å²) in [6.45, 7) is 2.12. The molecule has 1 amide bonds. The number of carbonyl (C=O) groups is 1. The van der Waals surface area contributed by atoms with Gasteiger partial charge in [-0.05, 0) is 12.8 Å². The Bertz CT molecular complexity index is 122. The van der Waals surface area contributed by atoms with Crippen LogP contribution in [-0.2, 0) is 4.79 Å². The normalized spacial score (nSPS) is 27.6. The molecule has 0 spiro atoms. The smallest absolute Gasteiger partial charge is 0.222 e. The van der Waals surface area contributed by atoms with E-state index < -0.39 is 0 Å². The summed E-state index contributed by atoms with van der Waals surface area (Å²) in [5, 5.41) is 0. The predicted octanol–water partition coefficient (Wildman–Crippen LogP) is 1.02. The lowest BCUT2D eigenvalue weighted by Gasteiger charge is -2.16. The van der Waals surface area contributed by atoms with Gasteiger partial charge in [-0.2, -0.15) is 0 Å². The van der Waals surface area contributed by atoms with Crippen molar-refractivity contribution in [2.75, 3.05) is 7.05 Å². The van der Waals surface area contributed by atoms with Crippen molar-refractivity contribution in [3.05, 3.63) is 0 Å². The monoisotopic (exact) mass is 127 g/mol. The first-order chi connectivity index (χ1) is 4.25. The fourth-order valence-corrected chi connectivity index (χ4v) is 1.34. The van der Waals surface area contributed by atoms with Crippen LogP contribution >= 0.6 is 0 Å². The predicted molar refractivity (Wildman–Crippen MR) is 36.1 cm³/mol. The molecule has 0 aromatic carbocycles. The van der Waals surface area contributed by atoms with Crippen LogP contribution in [0.4, 0.5) is 0 Å². The zero-order valence-corrected chi connectivity index (χ0v) is 6.05. The molecular formula is C7H13NO.